The average Bonchev–Trinajstić information content (AvgIpc) is 2.99. The van der Waals surface area contributed by atoms with Crippen LogP contribution in [0.15, 0.2) is 36.5 Å². The maximum atomic E-state index is 12.2. The molecule has 0 unspecified atom stereocenters. The summed E-state index contributed by atoms with van der Waals surface area (Å²) in [6.07, 6.45) is 1.79. The number of aromatic nitrogens is 2. The van der Waals surface area contributed by atoms with Gasteiger partial charge in [-0.05, 0) is 44.2 Å². The third-order valence-electron chi connectivity index (χ3n) is 3.42. The Morgan fingerprint density at radius 2 is 1.83 bits per heavy atom. The number of carbonyl (C=O) groups excluding carboxylic acids is 2. The third-order valence-corrected chi connectivity index (χ3v) is 3.42. The van der Waals surface area contributed by atoms with Gasteiger partial charge in [0.2, 0.25) is 0 Å². The van der Waals surface area contributed by atoms with Crippen molar-refractivity contribution in [1.29, 1.82) is 0 Å². The van der Waals surface area contributed by atoms with Crippen LogP contribution in [-0.4, -0.2) is 34.8 Å². The molecule has 0 aliphatic rings. The van der Waals surface area contributed by atoms with E-state index >= 15 is 0 Å². The summed E-state index contributed by atoms with van der Waals surface area (Å²) in [6, 6.07) is 8.77. The first kappa shape index (κ1) is 15.0. The van der Waals surface area contributed by atoms with Crippen molar-refractivity contribution >= 4 is 28.4 Å². The van der Waals surface area contributed by atoms with Crippen molar-refractivity contribution in [2.24, 2.45) is 0 Å². The first-order valence-corrected chi connectivity index (χ1v) is 7.40. The molecule has 0 amide bonds. The van der Waals surface area contributed by atoms with Crippen LogP contribution in [0.2, 0.25) is 0 Å². The highest BCUT2D eigenvalue weighted by Gasteiger charge is 2.18. The van der Waals surface area contributed by atoms with Crippen LogP contribution in [0.1, 0.15) is 34.6 Å². The van der Waals surface area contributed by atoms with E-state index in [0.29, 0.717) is 16.5 Å². The van der Waals surface area contributed by atoms with Crippen molar-refractivity contribution in [3.63, 3.8) is 0 Å². The molecule has 0 atom stereocenters. The summed E-state index contributed by atoms with van der Waals surface area (Å²) in [5.41, 5.74) is 1.91. The van der Waals surface area contributed by atoms with Crippen LogP contribution in [0.4, 0.5) is 0 Å². The van der Waals surface area contributed by atoms with Gasteiger partial charge in [-0.3, -0.25) is 0 Å². The second-order valence-corrected chi connectivity index (χ2v) is 4.92. The number of hydrogen-bond donors (Lipinski definition) is 0. The van der Waals surface area contributed by atoms with E-state index in [1.807, 2.05) is 18.2 Å². The molecule has 0 fully saturated rings. The van der Waals surface area contributed by atoms with Crippen molar-refractivity contribution in [2.45, 2.75) is 13.8 Å². The smallest absolute Gasteiger partial charge is 0.340 e. The molecular weight excluding hydrogens is 296 g/mol. The number of rotatable bonds is 4. The first-order chi connectivity index (χ1) is 11.1. The fourth-order valence-corrected chi connectivity index (χ4v) is 2.43. The van der Waals surface area contributed by atoms with E-state index in [9.17, 15) is 9.59 Å². The number of carbonyl (C=O) groups is 2. The average molecular weight is 312 g/mol. The molecule has 0 spiro atoms. The normalized spacial score (nSPS) is 10.9. The van der Waals surface area contributed by atoms with Crippen molar-refractivity contribution < 1.29 is 19.1 Å². The topological polar surface area (TPSA) is 69.9 Å². The maximum absolute atomic E-state index is 12.2. The van der Waals surface area contributed by atoms with Gasteiger partial charge in [0.05, 0.1) is 29.9 Å². The number of esters is 2. The Morgan fingerprint density at radius 1 is 1.09 bits per heavy atom. The molecule has 2 aromatic heterocycles. The number of hydrogen-bond acceptors (Lipinski definition) is 5. The van der Waals surface area contributed by atoms with Crippen LogP contribution in [0, 0.1) is 0 Å². The zero-order valence-electron chi connectivity index (χ0n) is 12.9. The van der Waals surface area contributed by atoms with Gasteiger partial charge in [-0.1, -0.05) is 0 Å². The number of fused-ring (bicyclic) bond motifs is 2. The zero-order chi connectivity index (χ0) is 16.4. The minimum Gasteiger partial charge on any atom is -0.462 e. The summed E-state index contributed by atoms with van der Waals surface area (Å²) in [7, 11) is 0. The largest absolute Gasteiger partial charge is 0.462 e. The highest BCUT2D eigenvalue weighted by Crippen LogP contribution is 2.23. The molecule has 0 bridgehead atoms. The molecule has 23 heavy (non-hydrogen) atoms. The molecule has 2 heterocycles. The highest BCUT2D eigenvalue weighted by atomic mass is 16.5. The molecule has 0 saturated carbocycles. The van der Waals surface area contributed by atoms with Crippen LogP contribution in [0.5, 0.6) is 0 Å². The number of benzene rings is 1. The van der Waals surface area contributed by atoms with Crippen LogP contribution in [0.3, 0.4) is 0 Å². The summed E-state index contributed by atoms with van der Waals surface area (Å²) in [4.78, 5) is 24.3. The van der Waals surface area contributed by atoms with Crippen molar-refractivity contribution in [3.05, 3.63) is 47.7 Å². The minimum absolute atomic E-state index is 0.246. The van der Waals surface area contributed by atoms with Gasteiger partial charge < -0.3 is 9.47 Å². The van der Waals surface area contributed by atoms with Gasteiger partial charge in [-0.15, -0.1) is 0 Å². The fourth-order valence-electron chi connectivity index (χ4n) is 2.43. The van der Waals surface area contributed by atoms with Gasteiger partial charge in [0, 0.05) is 11.6 Å². The minimum atomic E-state index is -0.511. The second kappa shape index (κ2) is 6.08. The Labute approximate surface area is 132 Å². The SMILES string of the molecule is CCOC(=O)c1cc(C(=O)OCC)c2nn3cccc3cc2c1. The summed E-state index contributed by atoms with van der Waals surface area (Å²) in [5, 5.41) is 5.14. The van der Waals surface area contributed by atoms with Crippen molar-refractivity contribution in [1.82, 2.24) is 9.61 Å². The standard InChI is InChI=1S/C17H16N2O4/c1-3-22-16(20)12-8-11-9-13-6-5-7-19(13)18-15(11)14(10-12)17(21)23-4-2/h5-10H,3-4H2,1-2H3. The summed E-state index contributed by atoms with van der Waals surface area (Å²) in [5.74, 6) is -0.988. The lowest BCUT2D eigenvalue weighted by Gasteiger charge is -2.09. The van der Waals surface area contributed by atoms with Gasteiger partial charge in [-0.2, -0.15) is 5.10 Å². The molecule has 0 N–H and O–H groups in total. The van der Waals surface area contributed by atoms with Crippen LogP contribution >= 0.6 is 0 Å². The van der Waals surface area contributed by atoms with E-state index in [4.69, 9.17) is 9.47 Å². The van der Waals surface area contributed by atoms with Gasteiger partial charge in [0.1, 0.15) is 5.52 Å². The fraction of sp³-hybridized carbons (Fsp3) is 0.235. The Bertz CT molecular complexity index is 898. The van der Waals surface area contributed by atoms with Gasteiger partial charge >= 0.3 is 11.9 Å². The highest BCUT2D eigenvalue weighted by molar-refractivity contribution is 6.07. The predicted octanol–water partition coefficient (Wildman–Crippen LogP) is 2.84. The Kier molecular flexibility index (Phi) is 3.97. The molecule has 1 aromatic carbocycles. The molecule has 3 rings (SSSR count). The molecular formula is C17H16N2O4. The monoisotopic (exact) mass is 312 g/mol. The molecule has 3 aromatic rings. The Hall–Kier alpha value is -2.89. The zero-order valence-corrected chi connectivity index (χ0v) is 12.9. The lowest BCUT2D eigenvalue weighted by Crippen LogP contribution is -2.11. The predicted molar refractivity (Wildman–Crippen MR) is 84.6 cm³/mol. The van der Waals surface area contributed by atoms with Gasteiger partial charge in [0.15, 0.2) is 0 Å². The molecule has 0 aliphatic carbocycles. The molecule has 0 radical (unpaired) electrons. The van der Waals surface area contributed by atoms with Gasteiger partial charge in [0.25, 0.3) is 0 Å². The summed E-state index contributed by atoms with van der Waals surface area (Å²) >= 11 is 0. The number of ether oxygens (including phenoxy) is 2. The molecule has 6 nitrogen and oxygen atoms in total. The molecule has 118 valence electrons. The second-order valence-electron chi connectivity index (χ2n) is 4.92. The van der Waals surface area contributed by atoms with E-state index in [2.05, 4.69) is 5.10 Å². The van der Waals surface area contributed by atoms with Crippen LogP contribution < -0.4 is 0 Å². The lowest BCUT2D eigenvalue weighted by atomic mass is 10.1. The van der Waals surface area contributed by atoms with Gasteiger partial charge in [-0.25, -0.2) is 14.1 Å². The summed E-state index contributed by atoms with van der Waals surface area (Å²) in [6.45, 7) is 3.97. The van der Waals surface area contributed by atoms with Crippen molar-refractivity contribution in [3.8, 4) is 0 Å². The van der Waals surface area contributed by atoms with E-state index in [1.165, 1.54) is 6.07 Å². The summed E-state index contributed by atoms with van der Waals surface area (Å²) < 4.78 is 11.8. The van der Waals surface area contributed by atoms with Crippen molar-refractivity contribution in [2.75, 3.05) is 13.2 Å². The Balaban J connectivity index is 2.25. The lowest BCUT2D eigenvalue weighted by molar-refractivity contribution is 0.0526. The van der Waals surface area contributed by atoms with E-state index < -0.39 is 11.9 Å². The third kappa shape index (κ3) is 2.75. The quantitative estimate of drug-likeness (QED) is 0.693. The molecule has 6 heteroatoms. The van der Waals surface area contributed by atoms with Crippen LogP contribution in [-0.2, 0) is 9.47 Å². The molecule has 0 saturated heterocycles. The Morgan fingerprint density at radius 3 is 2.57 bits per heavy atom. The number of nitrogens with zero attached hydrogens (tertiary/aromatic N) is 2. The molecule has 0 aliphatic heterocycles. The first-order valence-electron chi connectivity index (χ1n) is 7.40. The van der Waals surface area contributed by atoms with E-state index in [1.54, 1.807) is 30.6 Å². The van der Waals surface area contributed by atoms with Crippen LogP contribution in [0.25, 0.3) is 16.4 Å². The van der Waals surface area contributed by atoms with E-state index in [0.717, 1.165) is 5.52 Å². The van der Waals surface area contributed by atoms with E-state index in [-0.39, 0.29) is 18.8 Å². The maximum Gasteiger partial charge on any atom is 0.340 e.